The van der Waals surface area contributed by atoms with E-state index in [2.05, 4.69) is 91.3 Å². The van der Waals surface area contributed by atoms with Gasteiger partial charge >= 0.3 is 25.7 Å². The van der Waals surface area contributed by atoms with E-state index < -0.39 is 57.7 Å². The summed E-state index contributed by atoms with van der Waals surface area (Å²) in [7, 11) is -4.75. The molecule has 1 unspecified atom stereocenters. The molecule has 329 valence electrons. The zero-order chi connectivity index (χ0) is 42.8. The van der Waals surface area contributed by atoms with Crippen molar-refractivity contribution in [2.45, 2.75) is 154 Å². The van der Waals surface area contributed by atoms with Gasteiger partial charge in [-0.05, 0) is 89.9 Å². The van der Waals surface area contributed by atoms with E-state index >= 15 is 0 Å². The van der Waals surface area contributed by atoms with Gasteiger partial charge in [-0.25, -0.2) is 4.57 Å². The van der Waals surface area contributed by atoms with Gasteiger partial charge < -0.3 is 25.2 Å². The molecule has 13 heteroatoms. The van der Waals surface area contributed by atoms with Gasteiger partial charge in [-0.3, -0.25) is 23.4 Å². The van der Waals surface area contributed by atoms with Crippen LogP contribution < -0.4 is 5.73 Å². The summed E-state index contributed by atoms with van der Waals surface area (Å²) in [6, 6.07) is -1.54. The summed E-state index contributed by atoms with van der Waals surface area (Å²) in [6.45, 7) is 2.61. The molecule has 1 radical (unpaired) electrons. The first-order valence-electron chi connectivity index (χ1n) is 21.3. The quantitative estimate of drug-likeness (QED) is 0.0177. The second kappa shape index (κ2) is 43.5. The Bertz CT molecular complexity index is 1350. The topological polar surface area (TPSA) is 172 Å². The van der Waals surface area contributed by atoms with Gasteiger partial charge in [-0.1, -0.05) is 137 Å². The number of nitrogens with two attached hydrogens (primary N) is 1. The predicted molar refractivity (Wildman–Crippen MR) is 241 cm³/mol. The standard InChI is InChI=1S/C46H74NO10P.Na/c1-3-5-7-9-11-13-15-17-19-21-23-25-27-29-31-33-35-37-44(48)54-39-42(40-55-58(52,53)56-41-43(47)46(50)51)57-45(49)38-36-34-32-30-28-26-24-22-20-18-16-14-12-10-8-6-4-2;/h11-14,17-20,23-26,29-32,42-43H,3-10,15-16,21-22,27-28,33-41,47H2,1-2H3,(H,50,51)(H,52,53);/b13-11-,14-12-,19-17-,20-18-,25-23-,26-24-,31-29-,32-30-;/t42-,43+;/m1./s1. The van der Waals surface area contributed by atoms with Crippen LogP contribution in [0.15, 0.2) is 97.2 Å². The Kier molecular flexibility index (Phi) is 43.1. The van der Waals surface area contributed by atoms with E-state index in [9.17, 15) is 23.8 Å². The number of hydrogen-bond donors (Lipinski definition) is 3. The molecule has 0 saturated carbocycles. The maximum absolute atomic E-state index is 12.6. The first kappa shape index (κ1) is 58.5. The fraction of sp³-hybridized carbons (Fsp3) is 0.587. The third-order valence-corrected chi connectivity index (χ3v) is 9.26. The van der Waals surface area contributed by atoms with Crippen LogP contribution in [0.25, 0.3) is 0 Å². The largest absolute Gasteiger partial charge is 0.480 e. The number of ether oxygens (including phenoxy) is 2. The summed E-state index contributed by atoms with van der Waals surface area (Å²) in [5.74, 6) is -2.54. The Morgan fingerprint density at radius 2 is 0.898 bits per heavy atom. The number of phosphoric ester groups is 1. The van der Waals surface area contributed by atoms with Crippen LogP contribution in [0.5, 0.6) is 0 Å². The van der Waals surface area contributed by atoms with Crippen molar-refractivity contribution in [1.82, 2.24) is 0 Å². The Hall–Kier alpha value is -2.60. The maximum Gasteiger partial charge on any atom is 0.472 e. The maximum atomic E-state index is 12.6. The average Bonchev–Trinajstić information content (AvgIpc) is 3.20. The van der Waals surface area contributed by atoms with Crippen LogP contribution in [-0.2, 0) is 37.5 Å². The number of carboxylic acid groups (broad SMARTS) is 1. The number of allylic oxidation sites excluding steroid dienone is 16. The summed E-state index contributed by atoms with van der Waals surface area (Å²) >= 11 is 0. The smallest absolute Gasteiger partial charge is 0.472 e. The number of carbonyl (C=O) groups is 3. The molecule has 3 atom stereocenters. The zero-order valence-corrected chi connectivity index (χ0v) is 39.2. The third-order valence-electron chi connectivity index (χ3n) is 8.30. The van der Waals surface area contributed by atoms with E-state index in [4.69, 9.17) is 24.8 Å². The number of phosphoric acid groups is 1. The monoisotopic (exact) mass is 854 g/mol. The molecule has 0 aromatic carbocycles. The normalized spacial score (nSPS) is 14.4. The van der Waals surface area contributed by atoms with Crippen LogP contribution in [0.4, 0.5) is 0 Å². The van der Waals surface area contributed by atoms with Crippen LogP contribution >= 0.6 is 7.82 Å². The molecule has 0 aromatic rings. The molecule has 0 bridgehead atoms. The van der Waals surface area contributed by atoms with E-state index in [1.54, 1.807) is 0 Å². The number of esters is 2. The van der Waals surface area contributed by atoms with E-state index in [0.29, 0.717) is 25.7 Å². The SMILES string of the molecule is CCCCC/C=C\C/C=C\C/C=C\C/C=C\CCCC(=O)OC[C@H](COP(=O)(O)OC[C@H](N)C(=O)O)OC(=O)CCC/C=C\C/C=C\C/C=C\C/C=C\CCCCC.[Na]. The molecule has 0 aliphatic heterocycles. The van der Waals surface area contributed by atoms with Crippen LogP contribution in [0.3, 0.4) is 0 Å². The number of hydrogen-bond acceptors (Lipinski definition) is 9. The van der Waals surface area contributed by atoms with Crippen molar-refractivity contribution in [3.8, 4) is 0 Å². The van der Waals surface area contributed by atoms with Crippen LogP contribution in [0.1, 0.15) is 142 Å². The van der Waals surface area contributed by atoms with Gasteiger partial charge in [0.2, 0.25) is 0 Å². The van der Waals surface area contributed by atoms with Gasteiger partial charge in [0.1, 0.15) is 12.6 Å². The minimum Gasteiger partial charge on any atom is -0.480 e. The Morgan fingerprint density at radius 3 is 1.29 bits per heavy atom. The molecule has 59 heavy (non-hydrogen) atoms. The molecular weight excluding hydrogens is 780 g/mol. The Labute approximate surface area is 377 Å². The third kappa shape index (κ3) is 43.3. The van der Waals surface area contributed by atoms with Gasteiger partial charge in [0.15, 0.2) is 6.10 Å². The van der Waals surface area contributed by atoms with Crippen molar-refractivity contribution in [1.29, 1.82) is 0 Å². The molecule has 11 nitrogen and oxygen atoms in total. The summed E-state index contributed by atoms with van der Waals surface area (Å²) in [5.41, 5.74) is 5.32. The molecular formula is C46H74NNaO10P. The van der Waals surface area contributed by atoms with Crippen molar-refractivity contribution in [2.75, 3.05) is 19.8 Å². The molecule has 0 saturated heterocycles. The van der Waals surface area contributed by atoms with Crippen molar-refractivity contribution in [2.24, 2.45) is 5.73 Å². The molecule has 0 aliphatic rings. The summed E-state index contributed by atoms with van der Waals surface area (Å²) in [4.78, 5) is 45.9. The minimum atomic E-state index is -4.75. The van der Waals surface area contributed by atoms with Crippen LogP contribution in [0, 0.1) is 0 Å². The fourth-order valence-corrected chi connectivity index (χ4v) is 5.71. The average molecular weight is 855 g/mol. The van der Waals surface area contributed by atoms with Gasteiger partial charge in [-0.2, -0.15) is 0 Å². The van der Waals surface area contributed by atoms with Gasteiger partial charge in [0.25, 0.3) is 0 Å². The molecule has 0 fully saturated rings. The van der Waals surface area contributed by atoms with E-state index in [0.717, 1.165) is 51.4 Å². The summed E-state index contributed by atoms with van der Waals surface area (Å²) < 4.78 is 32.5. The molecule has 0 aliphatic carbocycles. The number of carboxylic acids is 1. The zero-order valence-electron chi connectivity index (χ0n) is 36.3. The number of unbranched alkanes of at least 4 members (excludes halogenated alkanes) is 8. The molecule has 0 rings (SSSR count). The van der Waals surface area contributed by atoms with Crippen molar-refractivity contribution >= 4 is 55.3 Å². The van der Waals surface area contributed by atoms with Gasteiger partial charge in [0.05, 0.1) is 13.2 Å². The Balaban J connectivity index is 0. The second-order valence-electron chi connectivity index (χ2n) is 13.8. The molecule has 0 amide bonds. The first-order chi connectivity index (χ1) is 28.1. The minimum absolute atomic E-state index is 0. The molecule has 0 aromatic heterocycles. The van der Waals surface area contributed by atoms with Gasteiger partial charge in [-0.15, -0.1) is 0 Å². The van der Waals surface area contributed by atoms with Crippen LogP contribution in [0.2, 0.25) is 0 Å². The Morgan fingerprint density at radius 1 is 0.542 bits per heavy atom. The number of rotatable bonds is 38. The van der Waals surface area contributed by atoms with Crippen molar-refractivity contribution < 1.29 is 47.5 Å². The fourth-order valence-electron chi connectivity index (χ4n) is 4.93. The second-order valence-corrected chi connectivity index (χ2v) is 15.2. The van der Waals surface area contributed by atoms with E-state index in [1.807, 2.05) is 24.3 Å². The summed E-state index contributed by atoms with van der Waals surface area (Å²) in [5, 5.41) is 8.88. The van der Waals surface area contributed by atoms with Crippen molar-refractivity contribution in [3.05, 3.63) is 97.2 Å². The number of carbonyl (C=O) groups excluding carboxylic acids is 2. The molecule has 0 heterocycles. The van der Waals surface area contributed by atoms with Crippen molar-refractivity contribution in [3.63, 3.8) is 0 Å². The first-order valence-corrected chi connectivity index (χ1v) is 22.8. The summed E-state index contributed by atoms with van der Waals surface area (Å²) in [6.07, 6.45) is 50.6. The van der Waals surface area contributed by atoms with Crippen LogP contribution in [-0.4, -0.2) is 89.4 Å². The number of aliphatic carboxylic acids is 1. The predicted octanol–water partition coefficient (Wildman–Crippen LogP) is 10.9. The van der Waals surface area contributed by atoms with E-state index in [1.165, 1.54) is 38.5 Å². The molecule has 4 N–H and O–H groups in total. The van der Waals surface area contributed by atoms with E-state index in [-0.39, 0.29) is 42.4 Å². The molecule has 0 spiro atoms. The van der Waals surface area contributed by atoms with Gasteiger partial charge in [0, 0.05) is 42.4 Å².